The van der Waals surface area contributed by atoms with Gasteiger partial charge < -0.3 is 10.1 Å². The Morgan fingerprint density at radius 1 is 1.78 bits per heavy atom. The first-order valence-corrected chi connectivity index (χ1v) is 2.57. The molecule has 0 bridgehead atoms. The second-order valence-electron chi connectivity index (χ2n) is 1.33. The van der Waals surface area contributed by atoms with Crippen molar-refractivity contribution >= 4 is 6.29 Å². The van der Waals surface area contributed by atoms with Crippen molar-refractivity contribution in [2.24, 2.45) is 5.11 Å². The van der Waals surface area contributed by atoms with Crippen LogP contribution in [0.15, 0.2) is 5.11 Å². The predicted molar refractivity (Wildman–Crippen MR) is 32.9 cm³/mol. The van der Waals surface area contributed by atoms with E-state index in [1.807, 2.05) is 0 Å². The molecule has 0 saturated carbocycles. The largest absolute Gasteiger partial charge is 0.310 e. The molecule has 0 fully saturated rings. The molecular formula is C4H8N4O. The van der Waals surface area contributed by atoms with E-state index in [2.05, 4.69) is 15.3 Å². The van der Waals surface area contributed by atoms with Gasteiger partial charge in [0, 0.05) is 18.0 Å². The van der Waals surface area contributed by atoms with Gasteiger partial charge in [0.05, 0.1) is 6.54 Å². The molecule has 5 nitrogen and oxygen atoms in total. The van der Waals surface area contributed by atoms with Crippen LogP contribution < -0.4 is 5.32 Å². The van der Waals surface area contributed by atoms with Gasteiger partial charge >= 0.3 is 0 Å². The first kappa shape index (κ1) is 7.94. The zero-order valence-corrected chi connectivity index (χ0v) is 4.95. The van der Waals surface area contributed by atoms with E-state index in [9.17, 15) is 4.79 Å². The lowest BCUT2D eigenvalue weighted by Crippen LogP contribution is -2.19. The Morgan fingerprint density at radius 2 is 2.56 bits per heavy atom. The highest BCUT2D eigenvalue weighted by Crippen LogP contribution is 1.66. The highest BCUT2D eigenvalue weighted by molar-refractivity contribution is 5.51. The van der Waals surface area contributed by atoms with Gasteiger partial charge in [-0.2, -0.15) is 0 Å². The first-order valence-electron chi connectivity index (χ1n) is 2.57. The van der Waals surface area contributed by atoms with Gasteiger partial charge in [0.2, 0.25) is 0 Å². The van der Waals surface area contributed by atoms with Crippen molar-refractivity contribution in [2.75, 3.05) is 19.6 Å². The molecule has 5 heteroatoms. The minimum absolute atomic E-state index is 0.320. The number of azide groups is 1. The van der Waals surface area contributed by atoms with Crippen LogP contribution in [0.2, 0.25) is 0 Å². The van der Waals surface area contributed by atoms with Crippen LogP contribution in [0, 0.1) is 0 Å². The smallest absolute Gasteiger partial charge is 0.133 e. The Labute approximate surface area is 52.7 Å². The number of nitrogens with one attached hydrogen (secondary N) is 1. The van der Waals surface area contributed by atoms with Crippen molar-refractivity contribution in [3.8, 4) is 0 Å². The summed E-state index contributed by atoms with van der Waals surface area (Å²) in [4.78, 5) is 12.2. The normalized spacial score (nSPS) is 8.00. The first-order chi connectivity index (χ1) is 4.41. The Bertz CT molecular complexity index is 118. The summed E-state index contributed by atoms with van der Waals surface area (Å²) in [5, 5.41) is 5.98. The van der Waals surface area contributed by atoms with Crippen LogP contribution in [0.1, 0.15) is 0 Å². The Morgan fingerprint density at radius 3 is 3.11 bits per heavy atom. The van der Waals surface area contributed by atoms with Gasteiger partial charge in [0.1, 0.15) is 6.29 Å². The highest BCUT2D eigenvalue weighted by atomic mass is 16.1. The molecule has 0 saturated heterocycles. The van der Waals surface area contributed by atoms with Gasteiger partial charge in [0.25, 0.3) is 0 Å². The summed E-state index contributed by atoms with van der Waals surface area (Å²) in [5.74, 6) is 0. The average molecular weight is 128 g/mol. The lowest BCUT2D eigenvalue weighted by Gasteiger charge is -1.91. The maximum atomic E-state index is 9.67. The molecular weight excluding hydrogens is 120 g/mol. The van der Waals surface area contributed by atoms with E-state index in [1.54, 1.807) is 0 Å². The van der Waals surface area contributed by atoms with Gasteiger partial charge in [-0.25, -0.2) is 0 Å². The molecule has 0 aliphatic heterocycles. The van der Waals surface area contributed by atoms with E-state index >= 15 is 0 Å². The molecule has 0 rings (SSSR count). The zero-order chi connectivity index (χ0) is 6.95. The highest BCUT2D eigenvalue weighted by Gasteiger charge is 1.79. The number of rotatable bonds is 5. The molecule has 0 atom stereocenters. The van der Waals surface area contributed by atoms with Gasteiger partial charge in [-0.3, -0.25) is 0 Å². The minimum Gasteiger partial charge on any atom is -0.310 e. The van der Waals surface area contributed by atoms with Crippen LogP contribution in [0.5, 0.6) is 0 Å². The van der Waals surface area contributed by atoms with Crippen molar-refractivity contribution in [3.63, 3.8) is 0 Å². The summed E-state index contributed by atoms with van der Waals surface area (Å²) in [6.45, 7) is 1.27. The summed E-state index contributed by atoms with van der Waals surface area (Å²) in [6.07, 6.45) is 0.760. The number of hydrogen-bond acceptors (Lipinski definition) is 3. The monoisotopic (exact) mass is 128 g/mol. The van der Waals surface area contributed by atoms with Gasteiger partial charge in [-0.05, 0) is 5.53 Å². The summed E-state index contributed by atoms with van der Waals surface area (Å²) >= 11 is 0. The van der Waals surface area contributed by atoms with E-state index in [0.717, 1.165) is 6.29 Å². The zero-order valence-electron chi connectivity index (χ0n) is 4.95. The maximum absolute atomic E-state index is 9.67. The number of hydrogen-bond donors (Lipinski definition) is 1. The van der Waals surface area contributed by atoms with E-state index in [4.69, 9.17) is 5.53 Å². The molecule has 1 N–H and O–H groups in total. The Balaban J connectivity index is 2.90. The van der Waals surface area contributed by atoms with Crippen LogP contribution >= 0.6 is 0 Å². The van der Waals surface area contributed by atoms with E-state index in [0.29, 0.717) is 19.6 Å². The standard InChI is InChI=1S/C4H8N4O/c5-8-7-2-1-6-3-4-9/h4,6H,1-3H2. The fourth-order valence-corrected chi connectivity index (χ4v) is 0.335. The molecule has 0 unspecified atom stereocenters. The van der Waals surface area contributed by atoms with Crippen LogP contribution in [0.25, 0.3) is 10.4 Å². The van der Waals surface area contributed by atoms with E-state index in [-0.39, 0.29) is 0 Å². The predicted octanol–water partition coefficient (Wildman–Crippen LogP) is 0.0852. The third-order valence-corrected chi connectivity index (χ3v) is 0.679. The molecule has 0 aliphatic carbocycles. The third kappa shape index (κ3) is 6.94. The number of carbonyl (C=O) groups is 1. The van der Waals surface area contributed by atoms with Crippen LogP contribution in [0.3, 0.4) is 0 Å². The lowest BCUT2D eigenvalue weighted by atomic mass is 10.6. The fraction of sp³-hybridized carbons (Fsp3) is 0.750. The second-order valence-corrected chi connectivity index (χ2v) is 1.33. The molecule has 0 amide bonds. The van der Waals surface area contributed by atoms with E-state index < -0.39 is 0 Å². The molecule has 9 heavy (non-hydrogen) atoms. The van der Waals surface area contributed by atoms with Crippen molar-refractivity contribution in [1.82, 2.24) is 5.32 Å². The van der Waals surface area contributed by atoms with Crippen molar-refractivity contribution in [1.29, 1.82) is 0 Å². The molecule has 0 aliphatic rings. The van der Waals surface area contributed by atoms with Crippen molar-refractivity contribution in [3.05, 3.63) is 10.4 Å². The molecule has 0 aromatic carbocycles. The minimum atomic E-state index is 0.320. The van der Waals surface area contributed by atoms with Gasteiger partial charge in [-0.1, -0.05) is 5.11 Å². The van der Waals surface area contributed by atoms with Gasteiger partial charge in [-0.15, -0.1) is 0 Å². The van der Waals surface area contributed by atoms with Crippen LogP contribution in [-0.4, -0.2) is 25.9 Å². The maximum Gasteiger partial charge on any atom is 0.133 e. The summed E-state index contributed by atoms with van der Waals surface area (Å²) in [6, 6.07) is 0. The van der Waals surface area contributed by atoms with Crippen LogP contribution in [-0.2, 0) is 4.79 Å². The number of carbonyl (C=O) groups excluding carboxylic acids is 1. The fourth-order valence-electron chi connectivity index (χ4n) is 0.335. The summed E-state index contributed by atoms with van der Waals surface area (Å²) in [5.41, 5.74) is 7.78. The van der Waals surface area contributed by atoms with Crippen molar-refractivity contribution in [2.45, 2.75) is 0 Å². The second kappa shape index (κ2) is 6.94. The van der Waals surface area contributed by atoms with Crippen molar-refractivity contribution < 1.29 is 4.79 Å². The molecule has 0 aromatic rings. The molecule has 0 aromatic heterocycles. The Kier molecular flexibility index (Phi) is 6.12. The quantitative estimate of drug-likeness (QED) is 0.187. The topological polar surface area (TPSA) is 77.9 Å². The van der Waals surface area contributed by atoms with Crippen LogP contribution in [0.4, 0.5) is 0 Å². The summed E-state index contributed by atoms with van der Waals surface area (Å²) in [7, 11) is 0. The van der Waals surface area contributed by atoms with E-state index in [1.165, 1.54) is 0 Å². The third-order valence-electron chi connectivity index (χ3n) is 0.679. The number of nitrogens with zero attached hydrogens (tertiary/aromatic N) is 3. The molecule has 50 valence electrons. The summed E-state index contributed by atoms with van der Waals surface area (Å²) < 4.78 is 0. The Hall–Kier alpha value is -1.06. The molecule has 0 heterocycles. The SMILES string of the molecule is [N-]=[N+]=NCCNCC=O. The molecule has 0 spiro atoms. The van der Waals surface area contributed by atoms with Gasteiger partial charge in [0.15, 0.2) is 0 Å². The number of aldehydes is 1. The molecule has 0 radical (unpaired) electrons. The lowest BCUT2D eigenvalue weighted by molar-refractivity contribution is -0.107. The average Bonchev–Trinajstić information content (AvgIpc) is 1.89.